The smallest absolute Gasteiger partial charge is 0.340 e. The SMILES string of the molecule is Nc1c(C(=O)O)c(C(=O)CCc2nc(-c3ccc(O)cn3)no2)cn1Cc1cc(F)cc(F)c1. The number of aromatic hydroxyl groups is 1. The number of rotatable bonds is 8. The van der Waals surface area contributed by atoms with Gasteiger partial charge in [0.05, 0.1) is 11.8 Å². The molecular formula is C22H17F2N5O5. The third-order valence-electron chi connectivity index (χ3n) is 4.92. The van der Waals surface area contributed by atoms with Gasteiger partial charge in [0, 0.05) is 31.6 Å². The fourth-order valence-corrected chi connectivity index (χ4v) is 3.37. The van der Waals surface area contributed by atoms with Gasteiger partial charge in [-0.1, -0.05) is 5.16 Å². The van der Waals surface area contributed by atoms with Gasteiger partial charge in [-0.15, -0.1) is 0 Å². The molecule has 1 aromatic carbocycles. The summed E-state index contributed by atoms with van der Waals surface area (Å²) in [5.41, 5.74) is 5.93. The molecule has 0 amide bonds. The summed E-state index contributed by atoms with van der Waals surface area (Å²) in [6.07, 6.45) is 2.31. The highest BCUT2D eigenvalue weighted by molar-refractivity contribution is 6.08. The summed E-state index contributed by atoms with van der Waals surface area (Å²) >= 11 is 0. The highest BCUT2D eigenvalue weighted by Gasteiger charge is 2.25. The van der Waals surface area contributed by atoms with E-state index in [2.05, 4.69) is 15.1 Å². The topological polar surface area (TPSA) is 157 Å². The van der Waals surface area contributed by atoms with Crippen LogP contribution in [0.3, 0.4) is 0 Å². The average molecular weight is 469 g/mol. The Hall–Kier alpha value is -4.61. The average Bonchev–Trinajstić information content (AvgIpc) is 3.37. The van der Waals surface area contributed by atoms with Crippen molar-refractivity contribution in [3.8, 4) is 17.3 Å². The molecule has 0 aliphatic heterocycles. The first kappa shape index (κ1) is 22.6. The maximum Gasteiger partial charge on any atom is 0.340 e. The minimum atomic E-state index is -1.41. The summed E-state index contributed by atoms with van der Waals surface area (Å²) in [6, 6.07) is 5.77. The number of hydrogen-bond acceptors (Lipinski definition) is 8. The van der Waals surface area contributed by atoms with Gasteiger partial charge in [0.25, 0.3) is 0 Å². The van der Waals surface area contributed by atoms with Crippen molar-refractivity contribution in [2.24, 2.45) is 0 Å². The number of aryl methyl sites for hydroxylation is 1. The molecule has 4 aromatic rings. The van der Waals surface area contributed by atoms with E-state index < -0.39 is 29.0 Å². The number of nitrogens with zero attached hydrogens (tertiary/aromatic N) is 4. The van der Waals surface area contributed by atoms with Crippen LogP contribution in [0.2, 0.25) is 0 Å². The Bertz CT molecular complexity index is 1360. The Morgan fingerprint density at radius 2 is 1.88 bits per heavy atom. The van der Waals surface area contributed by atoms with E-state index in [1.807, 2.05) is 0 Å². The molecule has 0 bridgehead atoms. The number of carbonyl (C=O) groups excluding carboxylic acids is 1. The van der Waals surface area contributed by atoms with Gasteiger partial charge in [0.1, 0.15) is 34.5 Å². The van der Waals surface area contributed by atoms with Gasteiger partial charge in [0.15, 0.2) is 5.78 Å². The van der Waals surface area contributed by atoms with Crippen molar-refractivity contribution in [2.75, 3.05) is 5.73 Å². The maximum atomic E-state index is 13.5. The lowest BCUT2D eigenvalue weighted by Gasteiger charge is -2.07. The van der Waals surface area contributed by atoms with Gasteiger partial charge >= 0.3 is 5.97 Å². The standard InChI is InChI=1S/C22H17F2N5O5/c23-12-5-11(6-13(24)7-12)9-29-10-15(19(20(29)25)22(32)33)17(31)3-4-18-27-21(28-34-18)16-2-1-14(30)8-26-16/h1-2,5-8,10,30H,3-4,9,25H2,(H,32,33). The van der Waals surface area contributed by atoms with Gasteiger partial charge in [-0.3, -0.25) is 4.79 Å². The van der Waals surface area contributed by atoms with Crippen LogP contribution in [0.1, 0.15) is 38.6 Å². The summed E-state index contributed by atoms with van der Waals surface area (Å²) in [5, 5.41) is 22.6. The Labute approximate surface area is 190 Å². The number of benzene rings is 1. The zero-order valence-corrected chi connectivity index (χ0v) is 17.4. The number of Topliss-reactive ketones (excluding diaryl/α,β-unsaturated/α-hetero) is 1. The van der Waals surface area contributed by atoms with Gasteiger partial charge in [0.2, 0.25) is 11.7 Å². The molecule has 0 atom stereocenters. The molecule has 4 N–H and O–H groups in total. The Balaban J connectivity index is 1.52. The number of aromatic carboxylic acids is 1. The summed E-state index contributed by atoms with van der Waals surface area (Å²) < 4.78 is 33.3. The number of anilines is 1. The maximum absolute atomic E-state index is 13.5. The molecule has 0 aliphatic carbocycles. The van der Waals surface area contributed by atoms with E-state index in [-0.39, 0.29) is 53.8 Å². The molecule has 4 rings (SSSR count). The lowest BCUT2D eigenvalue weighted by molar-refractivity contribution is 0.0693. The molecule has 0 radical (unpaired) electrons. The second kappa shape index (κ2) is 9.10. The number of aromatic nitrogens is 4. The molecule has 174 valence electrons. The molecule has 0 unspecified atom stereocenters. The van der Waals surface area contributed by atoms with E-state index in [9.17, 15) is 28.6 Å². The lowest BCUT2D eigenvalue weighted by atomic mass is 10.1. The van der Waals surface area contributed by atoms with E-state index in [0.717, 1.165) is 12.1 Å². The van der Waals surface area contributed by atoms with Gasteiger partial charge in [-0.2, -0.15) is 4.98 Å². The van der Waals surface area contributed by atoms with Crippen LogP contribution in [0.5, 0.6) is 5.75 Å². The molecule has 0 fully saturated rings. The number of carbonyl (C=O) groups is 2. The number of carboxylic acids is 1. The van der Waals surface area contributed by atoms with Crippen molar-refractivity contribution >= 4 is 17.6 Å². The molecule has 0 saturated heterocycles. The van der Waals surface area contributed by atoms with Crippen LogP contribution in [-0.2, 0) is 13.0 Å². The van der Waals surface area contributed by atoms with Crippen LogP contribution in [0.15, 0.2) is 47.2 Å². The summed E-state index contributed by atoms with van der Waals surface area (Å²) in [5.74, 6) is -3.52. The number of nitrogen functional groups attached to an aromatic ring is 1. The number of carboxylic acid groups (broad SMARTS) is 1. The molecule has 12 heteroatoms. The second-order valence-electron chi connectivity index (χ2n) is 7.35. The molecule has 0 saturated carbocycles. The third kappa shape index (κ3) is 4.75. The third-order valence-corrected chi connectivity index (χ3v) is 4.92. The van der Waals surface area contributed by atoms with Gasteiger partial charge in [-0.05, 0) is 29.8 Å². The van der Waals surface area contributed by atoms with E-state index in [1.165, 1.54) is 29.1 Å². The van der Waals surface area contributed by atoms with Gasteiger partial charge < -0.3 is 25.0 Å². The minimum absolute atomic E-state index is 0.0170. The molecular weight excluding hydrogens is 452 g/mol. The first-order valence-corrected chi connectivity index (χ1v) is 9.89. The van der Waals surface area contributed by atoms with Crippen molar-refractivity contribution in [3.63, 3.8) is 0 Å². The second-order valence-corrected chi connectivity index (χ2v) is 7.35. The van der Waals surface area contributed by atoms with Crippen molar-refractivity contribution in [2.45, 2.75) is 19.4 Å². The fraction of sp³-hybridized carbons (Fsp3) is 0.136. The molecule has 10 nitrogen and oxygen atoms in total. The number of pyridine rings is 1. The number of nitrogens with two attached hydrogens (primary N) is 1. The number of hydrogen-bond donors (Lipinski definition) is 3. The molecule has 0 aliphatic rings. The molecule has 3 heterocycles. The number of halogens is 2. The fourth-order valence-electron chi connectivity index (χ4n) is 3.37. The zero-order valence-electron chi connectivity index (χ0n) is 17.4. The largest absolute Gasteiger partial charge is 0.506 e. The summed E-state index contributed by atoms with van der Waals surface area (Å²) in [4.78, 5) is 32.6. The number of ketones is 1. The van der Waals surface area contributed by atoms with Crippen LogP contribution in [0.4, 0.5) is 14.6 Å². The minimum Gasteiger partial charge on any atom is -0.506 e. The predicted molar refractivity (Wildman–Crippen MR) is 113 cm³/mol. The summed E-state index contributed by atoms with van der Waals surface area (Å²) in [7, 11) is 0. The van der Waals surface area contributed by atoms with Crippen molar-refractivity contribution in [3.05, 3.63) is 76.9 Å². The predicted octanol–water partition coefficient (Wildman–Crippen LogP) is 3.06. The van der Waals surface area contributed by atoms with Crippen LogP contribution < -0.4 is 5.73 Å². The Kier molecular flexibility index (Phi) is 6.04. The highest BCUT2D eigenvalue weighted by atomic mass is 19.1. The van der Waals surface area contributed by atoms with E-state index >= 15 is 0 Å². The Morgan fingerprint density at radius 3 is 2.53 bits per heavy atom. The van der Waals surface area contributed by atoms with E-state index in [0.29, 0.717) is 11.8 Å². The first-order valence-electron chi connectivity index (χ1n) is 9.89. The molecule has 0 spiro atoms. The first-order chi connectivity index (χ1) is 16.2. The normalized spacial score (nSPS) is 11.0. The van der Waals surface area contributed by atoms with Crippen molar-refractivity contribution in [1.82, 2.24) is 19.7 Å². The van der Waals surface area contributed by atoms with E-state index in [1.54, 1.807) is 0 Å². The van der Waals surface area contributed by atoms with Crippen LogP contribution in [-0.4, -0.2) is 41.7 Å². The van der Waals surface area contributed by atoms with Crippen molar-refractivity contribution < 1.29 is 33.1 Å². The van der Waals surface area contributed by atoms with E-state index in [4.69, 9.17) is 10.3 Å². The quantitative estimate of drug-likeness (QED) is 0.330. The monoisotopic (exact) mass is 469 g/mol. The van der Waals surface area contributed by atoms with Crippen LogP contribution in [0.25, 0.3) is 11.5 Å². The lowest BCUT2D eigenvalue weighted by Crippen LogP contribution is -2.09. The highest BCUT2D eigenvalue weighted by Crippen LogP contribution is 2.24. The molecule has 3 aromatic heterocycles. The Morgan fingerprint density at radius 1 is 1.15 bits per heavy atom. The summed E-state index contributed by atoms with van der Waals surface area (Å²) in [6.45, 7) is -0.138. The van der Waals surface area contributed by atoms with Crippen LogP contribution >= 0.6 is 0 Å². The van der Waals surface area contributed by atoms with Gasteiger partial charge in [-0.25, -0.2) is 18.6 Å². The zero-order chi connectivity index (χ0) is 24.4. The van der Waals surface area contributed by atoms with Crippen LogP contribution in [0, 0.1) is 11.6 Å². The van der Waals surface area contributed by atoms with Crippen molar-refractivity contribution in [1.29, 1.82) is 0 Å². The molecule has 34 heavy (non-hydrogen) atoms.